The fourth-order valence-corrected chi connectivity index (χ4v) is 3.22. The van der Waals surface area contributed by atoms with Gasteiger partial charge in [-0.3, -0.25) is 9.59 Å². The molecule has 0 atom stereocenters. The average molecular weight is 391 g/mol. The Morgan fingerprint density at radius 1 is 1.07 bits per heavy atom. The summed E-state index contributed by atoms with van der Waals surface area (Å²) in [5.74, 6) is 0.0502. The molecular formula is C19H13N5O5. The molecule has 0 fully saturated rings. The van der Waals surface area contributed by atoms with Gasteiger partial charge >= 0.3 is 5.91 Å². The van der Waals surface area contributed by atoms with Crippen molar-refractivity contribution in [3.8, 4) is 17.4 Å². The van der Waals surface area contributed by atoms with Crippen LogP contribution in [0.2, 0.25) is 0 Å². The van der Waals surface area contributed by atoms with E-state index < -0.39 is 11.5 Å². The van der Waals surface area contributed by atoms with Gasteiger partial charge in [-0.05, 0) is 12.1 Å². The molecule has 1 aliphatic heterocycles. The summed E-state index contributed by atoms with van der Waals surface area (Å²) in [6, 6.07) is 9.90. The van der Waals surface area contributed by atoms with Gasteiger partial charge in [0.05, 0.1) is 10.9 Å². The Hall–Kier alpha value is -4.21. The summed E-state index contributed by atoms with van der Waals surface area (Å²) in [6.07, 6.45) is 0. The summed E-state index contributed by atoms with van der Waals surface area (Å²) in [7, 11) is 0. The first-order valence-electron chi connectivity index (χ1n) is 8.69. The van der Waals surface area contributed by atoms with E-state index in [4.69, 9.17) is 9.47 Å². The fourth-order valence-electron chi connectivity index (χ4n) is 3.22. The molecule has 144 valence electrons. The lowest BCUT2D eigenvalue weighted by atomic mass is 10.1. The first-order chi connectivity index (χ1) is 14.1. The molecule has 0 bridgehead atoms. The van der Waals surface area contributed by atoms with Gasteiger partial charge in [0, 0.05) is 16.8 Å². The lowest BCUT2D eigenvalue weighted by Crippen LogP contribution is -2.15. The Morgan fingerprint density at radius 3 is 2.59 bits per heavy atom. The number of azo groups is 1. The van der Waals surface area contributed by atoms with Crippen molar-refractivity contribution in [2.45, 2.75) is 0 Å². The first kappa shape index (κ1) is 16.9. The van der Waals surface area contributed by atoms with E-state index in [0.717, 1.165) is 0 Å². The number of amides is 1. The number of H-pyrrole nitrogens is 2. The van der Waals surface area contributed by atoms with Crippen molar-refractivity contribution in [3.05, 3.63) is 52.4 Å². The second-order valence-corrected chi connectivity index (χ2v) is 6.32. The van der Waals surface area contributed by atoms with Crippen LogP contribution in [0.5, 0.6) is 17.4 Å². The number of carbonyl (C=O) groups is 1. The van der Waals surface area contributed by atoms with Crippen molar-refractivity contribution in [2.75, 3.05) is 13.2 Å². The quantitative estimate of drug-likeness (QED) is 0.449. The van der Waals surface area contributed by atoms with Crippen molar-refractivity contribution in [1.29, 1.82) is 0 Å². The third-order valence-corrected chi connectivity index (χ3v) is 4.55. The predicted molar refractivity (Wildman–Crippen MR) is 102 cm³/mol. The van der Waals surface area contributed by atoms with Crippen molar-refractivity contribution >= 4 is 33.3 Å². The maximum Gasteiger partial charge on any atom is 0.316 e. The molecule has 1 amide bonds. The minimum Gasteiger partial charge on any atom is -0.493 e. The third kappa shape index (κ3) is 2.78. The number of hydrogen-bond acceptors (Lipinski definition) is 7. The van der Waals surface area contributed by atoms with Gasteiger partial charge in [0.1, 0.15) is 13.2 Å². The van der Waals surface area contributed by atoms with Crippen LogP contribution >= 0.6 is 0 Å². The number of hydrogen-bond donors (Lipinski definition) is 3. The van der Waals surface area contributed by atoms with E-state index in [1.54, 1.807) is 36.4 Å². The summed E-state index contributed by atoms with van der Waals surface area (Å²) in [4.78, 5) is 27.2. The van der Waals surface area contributed by atoms with E-state index in [0.29, 0.717) is 46.4 Å². The minimum absolute atomic E-state index is 0.0441. The molecule has 3 N–H and O–H groups in total. The summed E-state index contributed by atoms with van der Waals surface area (Å²) in [5, 5.41) is 25.1. The van der Waals surface area contributed by atoms with Crippen LogP contribution in [0, 0.1) is 0 Å². The SMILES string of the molecule is O=C(N=Nc1c(O)[nH]c2cc3c(cc12)OCCO3)c1n[nH]c(=O)c2ccccc12. The Morgan fingerprint density at radius 2 is 1.79 bits per heavy atom. The lowest BCUT2D eigenvalue weighted by Gasteiger charge is -2.17. The van der Waals surface area contributed by atoms with Gasteiger partial charge in [-0.25, -0.2) is 5.10 Å². The molecule has 3 heterocycles. The standard InChI is InChI=1S/C19H13N5O5/c25-17-10-4-2-1-3-9(10)15(21-23-17)19(27)24-22-16-11-7-13-14(29-6-5-28-13)8-12(11)20-18(16)26/h1-4,7-8,20,26H,5-6H2,(H,23,25). The molecule has 10 nitrogen and oxygen atoms in total. The molecule has 0 saturated carbocycles. The van der Waals surface area contributed by atoms with Crippen LogP contribution in [0.3, 0.4) is 0 Å². The predicted octanol–water partition coefficient (Wildman–Crippen LogP) is 2.81. The number of ether oxygens (including phenoxy) is 2. The van der Waals surface area contributed by atoms with Gasteiger partial charge in [-0.1, -0.05) is 18.2 Å². The van der Waals surface area contributed by atoms with Crippen molar-refractivity contribution < 1.29 is 19.4 Å². The molecule has 2 aromatic heterocycles. The number of nitrogens with zero attached hydrogens (tertiary/aromatic N) is 3. The fraction of sp³-hybridized carbons (Fsp3) is 0.105. The Labute approximate surface area is 161 Å². The van der Waals surface area contributed by atoms with Crippen molar-refractivity contribution in [1.82, 2.24) is 15.2 Å². The number of carbonyl (C=O) groups excluding carboxylic acids is 1. The number of nitrogens with one attached hydrogen (secondary N) is 2. The van der Waals surface area contributed by atoms with Gasteiger partial charge in [0.15, 0.2) is 22.9 Å². The number of aromatic hydroxyl groups is 1. The molecule has 0 unspecified atom stereocenters. The van der Waals surface area contributed by atoms with E-state index >= 15 is 0 Å². The smallest absolute Gasteiger partial charge is 0.316 e. The molecule has 0 saturated heterocycles. The normalized spacial score (nSPS) is 13.4. The monoisotopic (exact) mass is 391 g/mol. The zero-order chi connectivity index (χ0) is 20.0. The summed E-state index contributed by atoms with van der Waals surface area (Å²) in [5.41, 5.74) is 0.188. The van der Waals surface area contributed by atoms with Gasteiger partial charge in [0.25, 0.3) is 5.56 Å². The number of benzene rings is 2. The number of rotatable bonds is 2. The third-order valence-electron chi connectivity index (χ3n) is 4.55. The van der Waals surface area contributed by atoms with Crippen molar-refractivity contribution in [3.63, 3.8) is 0 Å². The zero-order valence-electron chi connectivity index (χ0n) is 14.8. The van der Waals surface area contributed by atoms with Crippen LogP contribution in [0.15, 0.2) is 51.4 Å². The molecule has 1 aliphatic rings. The molecule has 2 aromatic carbocycles. The van der Waals surface area contributed by atoms with Crippen LogP contribution in [0.1, 0.15) is 10.5 Å². The largest absolute Gasteiger partial charge is 0.493 e. The highest BCUT2D eigenvalue weighted by Crippen LogP contribution is 2.42. The summed E-state index contributed by atoms with van der Waals surface area (Å²) >= 11 is 0. The Balaban J connectivity index is 1.56. The Bertz CT molecular complexity index is 1370. The minimum atomic E-state index is -0.760. The van der Waals surface area contributed by atoms with Crippen LogP contribution in [-0.2, 0) is 0 Å². The molecule has 5 rings (SSSR count). The van der Waals surface area contributed by atoms with Crippen LogP contribution in [-0.4, -0.2) is 39.4 Å². The van der Waals surface area contributed by atoms with E-state index in [-0.39, 0.29) is 17.3 Å². The first-order valence-corrected chi connectivity index (χ1v) is 8.69. The zero-order valence-corrected chi connectivity index (χ0v) is 14.8. The highest BCUT2D eigenvalue weighted by Gasteiger charge is 2.19. The van der Waals surface area contributed by atoms with E-state index in [2.05, 4.69) is 25.4 Å². The second kappa shape index (κ2) is 6.44. The molecule has 10 heteroatoms. The second-order valence-electron chi connectivity index (χ2n) is 6.32. The molecule has 4 aromatic rings. The van der Waals surface area contributed by atoms with Gasteiger partial charge in [-0.15, -0.1) is 10.2 Å². The highest BCUT2D eigenvalue weighted by atomic mass is 16.6. The summed E-state index contributed by atoms with van der Waals surface area (Å²) < 4.78 is 11.1. The van der Waals surface area contributed by atoms with Gasteiger partial charge in [0.2, 0.25) is 5.88 Å². The van der Waals surface area contributed by atoms with E-state index in [1.165, 1.54) is 0 Å². The number of aromatic nitrogens is 3. The van der Waals surface area contributed by atoms with E-state index in [9.17, 15) is 14.7 Å². The van der Waals surface area contributed by atoms with Crippen molar-refractivity contribution in [2.24, 2.45) is 10.2 Å². The van der Waals surface area contributed by atoms with Crippen LogP contribution in [0.25, 0.3) is 21.7 Å². The van der Waals surface area contributed by atoms with Crippen LogP contribution in [0.4, 0.5) is 5.69 Å². The Kier molecular flexibility index (Phi) is 3.76. The topological polar surface area (TPSA) is 142 Å². The number of fused-ring (bicyclic) bond motifs is 3. The van der Waals surface area contributed by atoms with Gasteiger partial charge in [-0.2, -0.15) is 5.10 Å². The highest BCUT2D eigenvalue weighted by molar-refractivity contribution is 6.05. The number of aromatic amines is 2. The molecule has 0 spiro atoms. The summed E-state index contributed by atoms with van der Waals surface area (Å²) in [6.45, 7) is 0.849. The maximum atomic E-state index is 12.6. The molecular weight excluding hydrogens is 378 g/mol. The lowest BCUT2D eigenvalue weighted by molar-refractivity contribution is 0.0991. The molecule has 29 heavy (non-hydrogen) atoms. The van der Waals surface area contributed by atoms with Gasteiger partial charge < -0.3 is 19.6 Å². The van der Waals surface area contributed by atoms with Crippen LogP contribution < -0.4 is 15.0 Å². The molecule has 0 radical (unpaired) electrons. The van der Waals surface area contributed by atoms with E-state index in [1.807, 2.05) is 0 Å². The molecule has 0 aliphatic carbocycles. The average Bonchev–Trinajstić information content (AvgIpc) is 3.04. The maximum absolute atomic E-state index is 12.6.